The molecule has 0 radical (unpaired) electrons. The van der Waals surface area contributed by atoms with Crippen molar-refractivity contribution < 1.29 is 9.53 Å². The Hall–Kier alpha value is -2.15. The van der Waals surface area contributed by atoms with Crippen LogP contribution in [0.15, 0.2) is 42.5 Å². The highest BCUT2D eigenvalue weighted by atomic mass is 35.5. The number of para-hydroxylation sites is 1. The van der Waals surface area contributed by atoms with Crippen molar-refractivity contribution in [2.24, 2.45) is 0 Å². The molecule has 2 aromatic carbocycles. The van der Waals surface area contributed by atoms with Gasteiger partial charge in [0.15, 0.2) is 5.13 Å². The number of anilines is 1. The van der Waals surface area contributed by atoms with Gasteiger partial charge in [-0.3, -0.25) is 9.69 Å². The zero-order valence-corrected chi connectivity index (χ0v) is 17.2. The smallest absolute Gasteiger partial charge is 0.260 e. The summed E-state index contributed by atoms with van der Waals surface area (Å²) >= 11 is 7.45. The van der Waals surface area contributed by atoms with E-state index < -0.39 is 0 Å². The van der Waals surface area contributed by atoms with Gasteiger partial charge in [0, 0.05) is 23.7 Å². The van der Waals surface area contributed by atoms with Crippen molar-refractivity contribution in [3.05, 3.63) is 53.1 Å². The normalized spacial score (nSPS) is 11.1. The summed E-state index contributed by atoms with van der Waals surface area (Å²) < 4.78 is 6.68. The van der Waals surface area contributed by atoms with Crippen molar-refractivity contribution in [1.29, 1.82) is 0 Å². The standard InChI is InChI=1S/C20H22ClN3O2S/c1-4-26-16-6-5-7-17-18(16)22-20(27-17)24(13-12-23(2)3)19(25)14-8-10-15(21)11-9-14/h5-11H,4,12-13H2,1-3H3. The highest BCUT2D eigenvalue weighted by Gasteiger charge is 2.22. The molecule has 1 heterocycles. The molecule has 0 saturated heterocycles. The number of rotatable bonds is 7. The van der Waals surface area contributed by atoms with Crippen LogP contribution in [0.5, 0.6) is 5.75 Å². The van der Waals surface area contributed by atoms with E-state index in [1.165, 1.54) is 11.3 Å². The van der Waals surface area contributed by atoms with Crippen LogP contribution in [0.25, 0.3) is 10.2 Å². The molecule has 0 fully saturated rings. The van der Waals surface area contributed by atoms with E-state index >= 15 is 0 Å². The van der Waals surface area contributed by atoms with Gasteiger partial charge in [0.05, 0.1) is 11.3 Å². The Kier molecular flexibility index (Phi) is 6.31. The van der Waals surface area contributed by atoms with Crippen molar-refractivity contribution in [1.82, 2.24) is 9.88 Å². The molecule has 0 spiro atoms. The number of aromatic nitrogens is 1. The molecule has 0 aliphatic carbocycles. The minimum absolute atomic E-state index is 0.0921. The maximum atomic E-state index is 13.2. The minimum atomic E-state index is -0.0921. The molecule has 27 heavy (non-hydrogen) atoms. The van der Waals surface area contributed by atoms with E-state index in [-0.39, 0.29) is 5.91 Å². The number of halogens is 1. The van der Waals surface area contributed by atoms with Gasteiger partial charge in [-0.2, -0.15) is 0 Å². The van der Waals surface area contributed by atoms with Gasteiger partial charge in [-0.15, -0.1) is 0 Å². The number of ether oxygens (including phenoxy) is 1. The minimum Gasteiger partial charge on any atom is -0.492 e. The van der Waals surface area contributed by atoms with Gasteiger partial charge in [0.2, 0.25) is 0 Å². The van der Waals surface area contributed by atoms with E-state index in [1.54, 1.807) is 29.2 Å². The number of carbonyl (C=O) groups excluding carboxylic acids is 1. The maximum Gasteiger partial charge on any atom is 0.260 e. The zero-order chi connectivity index (χ0) is 19.4. The number of likely N-dealkylation sites (N-methyl/N-ethyl adjacent to an activating group) is 1. The molecule has 3 rings (SSSR count). The molecule has 1 amide bonds. The molecular weight excluding hydrogens is 382 g/mol. The number of amides is 1. The van der Waals surface area contributed by atoms with E-state index in [0.29, 0.717) is 28.9 Å². The fourth-order valence-corrected chi connectivity index (χ4v) is 3.76. The number of fused-ring (bicyclic) bond motifs is 1. The van der Waals surface area contributed by atoms with Crippen LogP contribution < -0.4 is 9.64 Å². The van der Waals surface area contributed by atoms with Gasteiger partial charge in [0.1, 0.15) is 11.3 Å². The lowest BCUT2D eigenvalue weighted by Gasteiger charge is -2.22. The quantitative estimate of drug-likeness (QED) is 0.580. The second-order valence-electron chi connectivity index (χ2n) is 6.30. The number of hydrogen-bond donors (Lipinski definition) is 0. The Morgan fingerprint density at radius 3 is 2.56 bits per heavy atom. The first kappa shape index (κ1) is 19.6. The van der Waals surface area contributed by atoms with E-state index in [2.05, 4.69) is 0 Å². The van der Waals surface area contributed by atoms with Crippen molar-refractivity contribution in [3.8, 4) is 5.75 Å². The second-order valence-corrected chi connectivity index (χ2v) is 7.74. The monoisotopic (exact) mass is 403 g/mol. The Morgan fingerprint density at radius 2 is 1.89 bits per heavy atom. The fraction of sp³-hybridized carbons (Fsp3) is 0.300. The van der Waals surface area contributed by atoms with Crippen LogP contribution in [0.2, 0.25) is 5.02 Å². The van der Waals surface area contributed by atoms with Gasteiger partial charge in [-0.05, 0) is 57.4 Å². The third-order valence-electron chi connectivity index (χ3n) is 4.01. The van der Waals surface area contributed by atoms with Gasteiger partial charge < -0.3 is 9.64 Å². The maximum absolute atomic E-state index is 13.2. The lowest BCUT2D eigenvalue weighted by molar-refractivity contribution is 0.0985. The van der Waals surface area contributed by atoms with Crippen molar-refractivity contribution in [3.63, 3.8) is 0 Å². The average Bonchev–Trinajstić information content (AvgIpc) is 3.07. The summed E-state index contributed by atoms with van der Waals surface area (Å²) in [5.41, 5.74) is 1.38. The number of nitrogens with zero attached hydrogens (tertiary/aromatic N) is 3. The molecule has 7 heteroatoms. The molecule has 0 atom stereocenters. The Labute approximate surface area is 168 Å². The van der Waals surface area contributed by atoms with Gasteiger partial charge in [-0.25, -0.2) is 4.98 Å². The summed E-state index contributed by atoms with van der Waals surface area (Å²) in [6.45, 7) is 3.78. The van der Waals surface area contributed by atoms with Crippen molar-refractivity contribution in [2.75, 3.05) is 38.7 Å². The largest absolute Gasteiger partial charge is 0.492 e. The Balaban J connectivity index is 1.99. The summed E-state index contributed by atoms with van der Waals surface area (Å²) in [5.74, 6) is 0.648. The first-order valence-corrected chi connectivity index (χ1v) is 9.93. The molecular formula is C20H22ClN3O2S. The van der Waals surface area contributed by atoms with Crippen LogP contribution in [0.1, 0.15) is 17.3 Å². The topological polar surface area (TPSA) is 45.7 Å². The van der Waals surface area contributed by atoms with Crippen LogP contribution in [-0.4, -0.2) is 49.6 Å². The number of benzene rings is 2. The van der Waals surface area contributed by atoms with Crippen LogP contribution in [0.3, 0.4) is 0 Å². The van der Waals surface area contributed by atoms with E-state index in [0.717, 1.165) is 22.5 Å². The average molecular weight is 404 g/mol. The van der Waals surface area contributed by atoms with Crippen LogP contribution in [-0.2, 0) is 0 Å². The van der Waals surface area contributed by atoms with E-state index in [1.807, 2.05) is 44.1 Å². The van der Waals surface area contributed by atoms with Gasteiger partial charge >= 0.3 is 0 Å². The molecule has 0 bridgehead atoms. The first-order valence-electron chi connectivity index (χ1n) is 8.74. The second kappa shape index (κ2) is 8.69. The SMILES string of the molecule is CCOc1cccc2sc(N(CCN(C)C)C(=O)c3ccc(Cl)cc3)nc12. The van der Waals surface area contributed by atoms with Crippen LogP contribution >= 0.6 is 22.9 Å². The molecule has 0 aliphatic heterocycles. The fourth-order valence-electron chi connectivity index (χ4n) is 2.63. The Morgan fingerprint density at radius 1 is 1.15 bits per heavy atom. The van der Waals surface area contributed by atoms with E-state index in [9.17, 15) is 4.79 Å². The summed E-state index contributed by atoms with van der Waals surface area (Å²) in [7, 11) is 3.97. The molecule has 0 N–H and O–H groups in total. The lowest BCUT2D eigenvalue weighted by atomic mass is 10.2. The van der Waals surface area contributed by atoms with Crippen LogP contribution in [0.4, 0.5) is 5.13 Å². The summed E-state index contributed by atoms with van der Waals surface area (Å²) in [4.78, 5) is 21.7. The summed E-state index contributed by atoms with van der Waals surface area (Å²) in [6, 6.07) is 12.8. The molecule has 0 saturated carbocycles. The number of thiazole rings is 1. The van der Waals surface area contributed by atoms with Gasteiger partial charge in [0.25, 0.3) is 5.91 Å². The predicted molar refractivity (Wildman–Crippen MR) is 112 cm³/mol. The molecule has 3 aromatic rings. The van der Waals surface area contributed by atoms with Crippen LogP contribution in [0, 0.1) is 0 Å². The third kappa shape index (κ3) is 4.58. The summed E-state index contributed by atoms with van der Waals surface area (Å²) in [5, 5.41) is 1.27. The highest BCUT2D eigenvalue weighted by Crippen LogP contribution is 2.34. The third-order valence-corrected chi connectivity index (χ3v) is 5.30. The molecule has 5 nitrogen and oxygen atoms in total. The number of carbonyl (C=O) groups is 1. The summed E-state index contributed by atoms with van der Waals surface area (Å²) in [6.07, 6.45) is 0. The predicted octanol–water partition coefficient (Wildman–Crippen LogP) is 4.56. The molecule has 0 aliphatic rings. The number of hydrogen-bond acceptors (Lipinski definition) is 5. The van der Waals surface area contributed by atoms with Crippen molar-refractivity contribution in [2.45, 2.75) is 6.92 Å². The molecule has 0 unspecified atom stereocenters. The lowest BCUT2D eigenvalue weighted by Crippen LogP contribution is -2.36. The van der Waals surface area contributed by atoms with E-state index in [4.69, 9.17) is 21.3 Å². The zero-order valence-electron chi connectivity index (χ0n) is 15.6. The first-order chi connectivity index (χ1) is 13.0. The van der Waals surface area contributed by atoms with Gasteiger partial charge in [-0.1, -0.05) is 29.0 Å². The molecule has 1 aromatic heterocycles. The molecule has 142 valence electrons. The highest BCUT2D eigenvalue weighted by molar-refractivity contribution is 7.22. The Bertz CT molecular complexity index is 925. The van der Waals surface area contributed by atoms with Crippen molar-refractivity contribution >= 4 is 44.2 Å².